The largest absolute Gasteiger partial charge is 0.416 e. The second-order valence-electron chi connectivity index (χ2n) is 5.81. The molecule has 1 heterocycles. The maximum Gasteiger partial charge on any atom is 0.416 e. The number of hydrogen-bond donors (Lipinski definition) is 1. The van der Waals surface area contributed by atoms with Crippen LogP contribution in [0.4, 0.5) is 13.2 Å². The maximum atomic E-state index is 12.7. The van der Waals surface area contributed by atoms with Gasteiger partial charge in [0.2, 0.25) is 0 Å². The van der Waals surface area contributed by atoms with Crippen molar-refractivity contribution in [3.8, 4) is 0 Å². The molecule has 1 aromatic rings. The molecule has 0 bridgehead atoms. The first-order valence-electron chi connectivity index (χ1n) is 7.52. The monoisotopic (exact) mass is 300 g/mol. The molecule has 0 spiro atoms. The van der Waals surface area contributed by atoms with Crippen LogP contribution in [0.1, 0.15) is 30.4 Å². The van der Waals surface area contributed by atoms with Crippen molar-refractivity contribution in [3.05, 3.63) is 35.4 Å². The fourth-order valence-corrected chi connectivity index (χ4v) is 2.89. The fraction of sp³-hybridized carbons (Fsp3) is 0.625. The van der Waals surface area contributed by atoms with E-state index in [-0.39, 0.29) is 0 Å². The third-order valence-corrected chi connectivity index (χ3v) is 4.17. The number of benzene rings is 1. The van der Waals surface area contributed by atoms with Gasteiger partial charge in [0.25, 0.3) is 0 Å². The van der Waals surface area contributed by atoms with E-state index in [4.69, 9.17) is 0 Å². The van der Waals surface area contributed by atoms with Gasteiger partial charge >= 0.3 is 6.18 Å². The Morgan fingerprint density at radius 1 is 1.24 bits per heavy atom. The lowest BCUT2D eigenvalue weighted by Gasteiger charge is -2.32. The molecule has 0 atom stereocenters. The zero-order valence-corrected chi connectivity index (χ0v) is 12.4. The van der Waals surface area contributed by atoms with E-state index in [0.29, 0.717) is 6.54 Å². The molecule has 0 unspecified atom stereocenters. The van der Waals surface area contributed by atoms with Crippen LogP contribution in [0.3, 0.4) is 0 Å². The van der Waals surface area contributed by atoms with E-state index < -0.39 is 11.7 Å². The van der Waals surface area contributed by atoms with Gasteiger partial charge in [0.15, 0.2) is 0 Å². The summed E-state index contributed by atoms with van der Waals surface area (Å²) in [5.41, 5.74) is 0.197. The van der Waals surface area contributed by atoms with Crippen LogP contribution in [-0.4, -0.2) is 31.6 Å². The summed E-state index contributed by atoms with van der Waals surface area (Å²) in [7, 11) is 1.96. The third-order valence-electron chi connectivity index (χ3n) is 4.17. The quantitative estimate of drug-likeness (QED) is 0.895. The van der Waals surface area contributed by atoms with Crippen LogP contribution in [0, 0.1) is 5.92 Å². The standard InChI is InChI=1S/C16H23F3N2/c1-20-8-5-13-6-9-21(10-7-13)12-14-3-2-4-15(11-14)16(17,18)19/h2-4,11,13,20H,5-10,12H2,1H3. The predicted molar refractivity (Wildman–Crippen MR) is 78.0 cm³/mol. The molecule has 2 nitrogen and oxygen atoms in total. The lowest BCUT2D eigenvalue weighted by Crippen LogP contribution is -2.34. The first-order valence-corrected chi connectivity index (χ1v) is 7.52. The Labute approximate surface area is 124 Å². The molecule has 1 aliphatic rings. The van der Waals surface area contributed by atoms with Crippen molar-refractivity contribution in [1.29, 1.82) is 0 Å². The molecule has 2 rings (SSSR count). The van der Waals surface area contributed by atoms with Crippen molar-refractivity contribution in [2.24, 2.45) is 5.92 Å². The SMILES string of the molecule is CNCCC1CCN(Cc2cccc(C(F)(F)F)c2)CC1. The molecule has 0 amide bonds. The van der Waals surface area contributed by atoms with Gasteiger partial charge in [0.1, 0.15) is 0 Å². The van der Waals surface area contributed by atoms with Crippen LogP contribution in [0.2, 0.25) is 0 Å². The molecule has 0 aliphatic carbocycles. The van der Waals surface area contributed by atoms with Crippen molar-refractivity contribution < 1.29 is 13.2 Å². The van der Waals surface area contributed by atoms with Crippen LogP contribution in [-0.2, 0) is 12.7 Å². The van der Waals surface area contributed by atoms with Gasteiger partial charge in [0.05, 0.1) is 5.56 Å². The Hall–Kier alpha value is -1.07. The minimum absolute atomic E-state index is 0.552. The maximum absolute atomic E-state index is 12.7. The Kier molecular flexibility index (Phi) is 5.65. The second kappa shape index (κ2) is 7.27. The van der Waals surface area contributed by atoms with Crippen LogP contribution in [0.25, 0.3) is 0 Å². The highest BCUT2D eigenvalue weighted by Gasteiger charge is 2.30. The molecule has 0 aromatic heterocycles. The normalized spacial score (nSPS) is 18.1. The van der Waals surface area contributed by atoms with Gasteiger partial charge in [-0.1, -0.05) is 18.2 Å². The summed E-state index contributed by atoms with van der Waals surface area (Å²) < 4.78 is 38.1. The van der Waals surface area contributed by atoms with Crippen LogP contribution in [0.5, 0.6) is 0 Å². The number of hydrogen-bond acceptors (Lipinski definition) is 2. The minimum Gasteiger partial charge on any atom is -0.320 e. The Morgan fingerprint density at radius 2 is 1.95 bits per heavy atom. The number of rotatable bonds is 5. The van der Waals surface area contributed by atoms with E-state index in [1.54, 1.807) is 6.07 Å². The van der Waals surface area contributed by atoms with Crippen molar-refractivity contribution in [2.75, 3.05) is 26.7 Å². The smallest absolute Gasteiger partial charge is 0.320 e. The molecular formula is C16H23F3N2. The molecule has 0 saturated carbocycles. The molecule has 0 radical (unpaired) electrons. The van der Waals surface area contributed by atoms with E-state index in [0.717, 1.165) is 50.0 Å². The molecule has 1 fully saturated rings. The lowest BCUT2D eigenvalue weighted by atomic mass is 9.93. The third kappa shape index (κ3) is 5.00. The number of nitrogens with one attached hydrogen (secondary N) is 1. The van der Waals surface area contributed by atoms with E-state index in [9.17, 15) is 13.2 Å². The zero-order chi connectivity index (χ0) is 15.3. The first-order chi connectivity index (χ1) is 9.99. The zero-order valence-electron chi connectivity index (χ0n) is 12.4. The highest BCUT2D eigenvalue weighted by Crippen LogP contribution is 2.30. The number of likely N-dealkylation sites (tertiary alicyclic amines) is 1. The van der Waals surface area contributed by atoms with Gasteiger partial charge in [-0.25, -0.2) is 0 Å². The summed E-state index contributed by atoms with van der Waals surface area (Å²) in [6.45, 7) is 3.61. The van der Waals surface area contributed by atoms with Gasteiger partial charge < -0.3 is 5.32 Å². The van der Waals surface area contributed by atoms with Crippen molar-refractivity contribution in [3.63, 3.8) is 0 Å². The van der Waals surface area contributed by atoms with Crippen LogP contribution >= 0.6 is 0 Å². The Bertz CT molecular complexity index is 437. The van der Waals surface area contributed by atoms with E-state index >= 15 is 0 Å². The fourth-order valence-electron chi connectivity index (χ4n) is 2.89. The molecule has 1 aliphatic heterocycles. The van der Waals surface area contributed by atoms with E-state index in [1.165, 1.54) is 18.6 Å². The van der Waals surface area contributed by atoms with Gasteiger partial charge in [0, 0.05) is 6.54 Å². The van der Waals surface area contributed by atoms with Gasteiger partial charge in [-0.3, -0.25) is 4.90 Å². The number of nitrogens with zero attached hydrogens (tertiary/aromatic N) is 1. The van der Waals surface area contributed by atoms with Crippen LogP contribution < -0.4 is 5.32 Å². The Balaban J connectivity index is 1.86. The predicted octanol–water partition coefficient (Wildman–Crippen LogP) is 3.53. The lowest BCUT2D eigenvalue weighted by molar-refractivity contribution is -0.137. The summed E-state index contributed by atoms with van der Waals surface area (Å²) in [6, 6.07) is 5.68. The summed E-state index contributed by atoms with van der Waals surface area (Å²) in [5.74, 6) is 0.746. The topological polar surface area (TPSA) is 15.3 Å². The van der Waals surface area contributed by atoms with Gasteiger partial charge in [-0.15, -0.1) is 0 Å². The molecule has 118 valence electrons. The summed E-state index contributed by atoms with van der Waals surface area (Å²) >= 11 is 0. The average Bonchev–Trinajstić information content (AvgIpc) is 2.46. The summed E-state index contributed by atoms with van der Waals surface area (Å²) in [4.78, 5) is 2.26. The molecule has 1 saturated heterocycles. The number of alkyl halides is 3. The van der Waals surface area contributed by atoms with Crippen molar-refractivity contribution >= 4 is 0 Å². The van der Waals surface area contributed by atoms with E-state index in [2.05, 4.69) is 10.2 Å². The summed E-state index contributed by atoms with van der Waals surface area (Å²) in [5, 5.41) is 3.17. The van der Waals surface area contributed by atoms with Crippen LogP contribution in [0.15, 0.2) is 24.3 Å². The molecule has 1 aromatic carbocycles. The van der Waals surface area contributed by atoms with Crippen molar-refractivity contribution in [1.82, 2.24) is 10.2 Å². The second-order valence-corrected chi connectivity index (χ2v) is 5.81. The summed E-state index contributed by atoms with van der Waals surface area (Å²) in [6.07, 6.45) is -0.786. The molecule has 5 heteroatoms. The van der Waals surface area contributed by atoms with Gasteiger partial charge in [-0.05, 0) is 63.5 Å². The Morgan fingerprint density at radius 3 is 2.57 bits per heavy atom. The molecular weight excluding hydrogens is 277 g/mol. The average molecular weight is 300 g/mol. The first kappa shape index (κ1) is 16.3. The highest BCUT2D eigenvalue weighted by atomic mass is 19.4. The van der Waals surface area contributed by atoms with E-state index in [1.807, 2.05) is 7.05 Å². The minimum atomic E-state index is -4.25. The van der Waals surface area contributed by atoms with Crippen molar-refractivity contribution in [2.45, 2.75) is 32.0 Å². The number of piperidine rings is 1. The highest BCUT2D eigenvalue weighted by molar-refractivity contribution is 5.25. The van der Waals surface area contributed by atoms with Gasteiger partial charge in [-0.2, -0.15) is 13.2 Å². The molecule has 1 N–H and O–H groups in total. The molecule has 21 heavy (non-hydrogen) atoms. The number of halogens is 3.